The molecule has 0 fully saturated rings. The van der Waals surface area contributed by atoms with Gasteiger partial charge in [0.05, 0.1) is 0 Å². The summed E-state index contributed by atoms with van der Waals surface area (Å²) in [5.41, 5.74) is 0.887. The minimum Gasteiger partial charge on any atom is -0.270 e. The summed E-state index contributed by atoms with van der Waals surface area (Å²) < 4.78 is 1.72. The molecule has 48 valence electrons. The fraction of sp³-hybridized carbons (Fsp3) is 0.333. The molecule has 1 rings (SSSR count). The molecule has 1 aromatic heterocycles. The summed E-state index contributed by atoms with van der Waals surface area (Å²) >= 11 is 0. The SMILES string of the molecule is C/N=c1/cccnn1C. The molecule has 9 heavy (non-hydrogen) atoms. The molecule has 1 heterocycles. The van der Waals surface area contributed by atoms with E-state index in [1.54, 1.807) is 17.9 Å². The van der Waals surface area contributed by atoms with E-state index in [-0.39, 0.29) is 0 Å². The summed E-state index contributed by atoms with van der Waals surface area (Å²) in [6.45, 7) is 0. The van der Waals surface area contributed by atoms with E-state index < -0.39 is 0 Å². The molecule has 3 heteroatoms. The topological polar surface area (TPSA) is 30.2 Å². The van der Waals surface area contributed by atoms with E-state index in [0.717, 1.165) is 5.49 Å². The van der Waals surface area contributed by atoms with E-state index in [1.807, 2.05) is 19.2 Å². The van der Waals surface area contributed by atoms with Crippen molar-refractivity contribution in [2.24, 2.45) is 12.0 Å². The smallest absolute Gasteiger partial charge is 0.143 e. The van der Waals surface area contributed by atoms with Crippen molar-refractivity contribution in [3.8, 4) is 0 Å². The van der Waals surface area contributed by atoms with Crippen LogP contribution < -0.4 is 5.49 Å². The second-order valence-corrected chi connectivity index (χ2v) is 1.73. The number of aryl methyl sites for hydroxylation is 1. The van der Waals surface area contributed by atoms with Crippen molar-refractivity contribution in [2.75, 3.05) is 7.05 Å². The maximum atomic E-state index is 3.97. The molecule has 0 saturated carbocycles. The van der Waals surface area contributed by atoms with Crippen LogP contribution in [0.5, 0.6) is 0 Å². The molecule has 3 nitrogen and oxygen atoms in total. The number of aromatic nitrogens is 2. The van der Waals surface area contributed by atoms with Crippen molar-refractivity contribution in [1.29, 1.82) is 0 Å². The maximum absolute atomic E-state index is 3.97. The second kappa shape index (κ2) is 2.44. The zero-order valence-corrected chi connectivity index (χ0v) is 5.57. The normalized spacial score (nSPS) is 12.0. The number of nitrogens with zero attached hydrogens (tertiary/aromatic N) is 3. The van der Waals surface area contributed by atoms with Crippen LogP contribution >= 0.6 is 0 Å². The van der Waals surface area contributed by atoms with Crippen LogP contribution in [-0.4, -0.2) is 16.8 Å². The molecular weight excluding hydrogens is 114 g/mol. The average molecular weight is 123 g/mol. The molecule has 0 amide bonds. The molecule has 1 aromatic rings. The highest BCUT2D eigenvalue weighted by Crippen LogP contribution is 1.68. The van der Waals surface area contributed by atoms with E-state index in [2.05, 4.69) is 10.1 Å². The van der Waals surface area contributed by atoms with Crippen molar-refractivity contribution in [2.45, 2.75) is 0 Å². The molecule has 0 bridgehead atoms. The molecule has 0 radical (unpaired) electrons. The third-order valence-corrected chi connectivity index (χ3v) is 1.13. The van der Waals surface area contributed by atoms with Gasteiger partial charge < -0.3 is 0 Å². The average Bonchev–Trinajstić information content (AvgIpc) is 1.89. The van der Waals surface area contributed by atoms with Crippen LogP contribution in [0.2, 0.25) is 0 Å². The van der Waals surface area contributed by atoms with E-state index in [1.165, 1.54) is 0 Å². The number of hydrogen-bond donors (Lipinski definition) is 0. The quantitative estimate of drug-likeness (QED) is 0.475. The van der Waals surface area contributed by atoms with E-state index in [0.29, 0.717) is 0 Å². The van der Waals surface area contributed by atoms with Gasteiger partial charge in [0.15, 0.2) is 0 Å². The number of hydrogen-bond acceptors (Lipinski definition) is 2. The highest BCUT2D eigenvalue weighted by Gasteiger charge is 1.79. The van der Waals surface area contributed by atoms with Crippen LogP contribution in [0.3, 0.4) is 0 Å². The fourth-order valence-corrected chi connectivity index (χ4v) is 0.654. The van der Waals surface area contributed by atoms with Gasteiger partial charge in [0, 0.05) is 20.3 Å². The molecule has 0 saturated heterocycles. The standard InChI is InChI=1S/C6H9N3/c1-7-6-4-3-5-8-9(6)2/h3-5H,1-2H3/b7-6-. The maximum Gasteiger partial charge on any atom is 0.143 e. The Morgan fingerprint density at radius 3 is 2.89 bits per heavy atom. The predicted molar refractivity (Wildman–Crippen MR) is 34.7 cm³/mol. The Morgan fingerprint density at radius 2 is 2.44 bits per heavy atom. The monoisotopic (exact) mass is 123 g/mol. The largest absolute Gasteiger partial charge is 0.270 e. The summed E-state index contributed by atoms with van der Waals surface area (Å²) in [5.74, 6) is 0. The lowest BCUT2D eigenvalue weighted by Gasteiger charge is -1.92. The van der Waals surface area contributed by atoms with Crippen LogP contribution in [0.15, 0.2) is 23.3 Å². The second-order valence-electron chi connectivity index (χ2n) is 1.73. The molecule has 0 atom stereocenters. The van der Waals surface area contributed by atoms with Gasteiger partial charge in [-0.1, -0.05) is 0 Å². The predicted octanol–water partition coefficient (Wildman–Crippen LogP) is -0.0494. The van der Waals surface area contributed by atoms with Gasteiger partial charge in [0.2, 0.25) is 0 Å². The molecule has 0 N–H and O–H groups in total. The van der Waals surface area contributed by atoms with Crippen molar-refractivity contribution < 1.29 is 0 Å². The highest BCUT2D eigenvalue weighted by molar-refractivity contribution is 4.82. The van der Waals surface area contributed by atoms with Crippen LogP contribution in [0.25, 0.3) is 0 Å². The van der Waals surface area contributed by atoms with E-state index in [9.17, 15) is 0 Å². The van der Waals surface area contributed by atoms with Gasteiger partial charge in [0.25, 0.3) is 0 Å². The Labute approximate surface area is 53.7 Å². The Morgan fingerprint density at radius 1 is 1.67 bits per heavy atom. The zero-order chi connectivity index (χ0) is 6.69. The molecule has 0 aliphatic heterocycles. The summed E-state index contributed by atoms with van der Waals surface area (Å²) in [6, 6.07) is 3.77. The number of rotatable bonds is 0. The first-order chi connectivity index (χ1) is 4.34. The van der Waals surface area contributed by atoms with Gasteiger partial charge in [-0.05, 0) is 12.1 Å². The first-order valence-corrected chi connectivity index (χ1v) is 2.76. The first kappa shape index (κ1) is 6.01. The van der Waals surface area contributed by atoms with Gasteiger partial charge in [0.1, 0.15) is 5.49 Å². The molecule has 0 aliphatic carbocycles. The summed E-state index contributed by atoms with van der Waals surface area (Å²) in [7, 11) is 3.61. The molecule has 0 spiro atoms. The van der Waals surface area contributed by atoms with Gasteiger partial charge in [-0.2, -0.15) is 5.10 Å². The Hall–Kier alpha value is -1.12. The van der Waals surface area contributed by atoms with Crippen LogP contribution in [0, 0.1) is 0 Å². The van der Waals surface area contributed by atoms with Crippen molar-refractivity contribution >= 4 is 0 Å². The lowest BCUT2D eigenvalue weighted by atomic mass is 10.6. The van der Waals surface area contributed by atoms with Crippen LogP contribution in [-0.2, 0) is 7.05 Å². The molecular formula is C6H9N3. The van der Waals surface area contributed by atoms with E-state index >= 15 is 0 Å². The lowest BCUT2D eigenvalue weighted by molar-refractivity contribution is 0.689. The van der Waals surface area contributed by atoms with Crippen molar-refractivity contribution in [3.63, 3.8) is 0 Å². The third-order valence-electron chi connectivity index (χ3n) is 1.13. The van der Waals surface area contributed by atoms with Crippen LogP contribution in [0.4, 0.5) is 0 Å². The van der Waals surface area contributed by atoms with Gasteiger partial charge in [-0.15, -0.1) is 0 Å². The Bertz CT molecular complexity index is 248. The Kier molecular flexibility index (Phi) is 1.63. The fourth-order valence-electron chi connectivity index (χ4n) is 0.654. The lowest BCUT2D eigenvalue weighted by Crippen LogP contribution is -2.18. The van der Waals surface area contributed by atoms with Crippen LogP contribution in [0.1, 0.15) is 0 Å². The summed E-state index contributed by atoms with van der Waals surface area (Å²) in [6.07, 6.45) is 1.73. The van der Waals surface area contributed by atoms with Gasteiger partial charge in [-0.3, -0.25) is 9.67 Å². The Balaban J connectivity index is 3.33. The van der Waals surface area contributed by atoms with Gasteiger partial charge >= 0.3 is 0 Å². The van der Waals surface area contributed by atoms with Crippen molar-refractivity contribution in [1.82, 2.24) is 9.78 Å². The summed E-state index contributed by atoms with van der Waals surface area (Å²) in [5, 5.41) is 3.97. The van der Waals surface area contributed by atoms with Crippen molar-refractivity contribution in [3.05, 3.63) is 23.8 Å². The molecule has 0 aromatic carbocycles. The third kappa shape index (κ3) is 1.16. The zero-order valence-electron chi connectivity index (χ0n) is 5.57. The first-order valence-electron chi connectivity index (χ1n) is 2.76. The minimum atomic E-state index is 0.887. The molecule has 0 unspecified atom stereocenters. The highest BCUT2D eigenvalue weighted by atomic mass is 15.2. The minimum absolute atomic E-state index is 0.887. The summed E-state index contributed by atoms with van der Waals surface area (Å²) in [4.78, 5) is 3.97. The van der Waals surface area contributed by atoms with E-state index in [4.69, 9.17) is 0 Å². The van der Waals surface area contributed by atoms with Gasteiger partial charge in [-0.25, -0.2) is 0 Å². The molecule has 0 aliphatic rings.